The van der Waals surface area contributed by atoms with Gasteiger partial charge in [0.05, 0.1) is 14.2 Å². The molecule has 1 aliphatic rings. The van der Waals surface area contributed by atoms with Gasteiger partial charge in [0.1, 0.15) is 0 Å². The molecule has 0 aromatic heterocycles. The Morgan fingerprint density at radius 3 is 2.17 bits per heavy atom. The first kappa shape index (κ1) is 17.1. The van der Waals surface area contributed by atoms with Gasteiger partial charge in [0.25, 0.3) is 0 Å². The zero-order valence-electron chi connectivity index (χ0n) is 14.4. The fraction of sp³-hybridized carbons (Fsp3) is 0.529. The predicted molar refractivity (Wildman–Crippen MR) is 86.6 cm³/mol. The Bertz CT molecular complexity index is 620. The smallest absolute Gasteiger partial charge is 0.312 e. The van der Waals surface area contributed by atoms with Crippen molar-refractivity contribution in [2.75, 3.05) is 20.8 Å². The Balaban J connectivity index is 2.16. The number of methoxy groups -OCH3 is 2. The normalized spacial score (nSPS) is 14.0. The molecule has 0 atom stereocenters. The summed E-state index contributed by atoms with van der Waals surface area (Å²) in [5.74, 6) is 0.234. The average Bonchev–Trinajstić information content (AvgIpc) is 2.50. The number of amides is 2. The lowest BCUT2D eigenvalue weighted by Gasteiger charge is -2.30. The molecule has 0 fully saturated rings. The van der Waals surface area contributed by atoms with Crippen molar-refractivity contribution in [1.82, 2.24) is 10.2 Å². The molecule has 1 heterocycles. The monoisotopic (exact) mass is 320 g/mol. The number of carbonyl (C=O) groups is 2. The Hall–Kier alpha value is -2.24. The summed E-state index contributed by atoms with van der Waals surface area (Å²) in [4.78, 5) is 25.9. The first-order chi connectivity index (χ1) is 10.7. The van der Waals surface area contributed by atoms with Gasteiger partial charge in [-0.25, -0.2) is 0 Å². The van der Waals surface area contributed by atoms with Gasteiger partial charge in [0.2, 0.25) is 0 Å². The summed E-state index contributed by atoms with van der Waals surface area (Å²) in [6, 6.07) is 3.81. The van der Waals surface area contributed by atoms with Crippen molar-refractivity contribution in [3.8, 4) is 11.5 Å². The molecule has 0 saturated carbocycles. The van der Waals surface area contributed by atoms with Crippen LogP contribution in [0.4, 0.5) is 0 Å². The second-order valence-electron chi connectivity index (χ2n) is 6.66. The fourth-order valence-electron chi connectivity index (χ4n) is 2.59. The molecule has 0 unspecified atom stereocenters. The lowest BCUT2D eigenvalue weighted by Crippen LogP contribution is -2.50. The Morgan fingerprint density at radius 2 is 1.65 bits per heavy atom. The summed E-state index contributed by atoms with van der Waals surface area (Å²) >= 11 is 0. The number of hydrogen-bond donors (Lipinski definition) is 1. The van der Waals surface area contributed by atoms with Gasteiger partial charge in [-0.15, -0.1) is 0 Å². The lowest BCUT2D eigenvalue weighted by atomic mass is 9.98. The highest BCUT2D eigenvalue weighted by Crippen LogP contribution is 2.33. The van der Waals surface area contributed by atoms with Crippen molar-refractivity contribution in [3.63, 3.8) is 0 Å². The van der Waals surface area contributed by atoms with Gasteiger partial charge in [0, 0.05) is 18.6 Å². The third-order valence-electron chi connectivity index (χ3n) is 3.69. The van der Waals surface area contributed by atoms with Crippen LogP contribution in [0.5, 0.6) is 11.5 Å². The number of ether oxygens (including phenoxy) is 2. The van der Waals surface area contributed by atoms with Crippen LogP contribution in [0, 0.1) is 0 Å². The molecule has 0 spiro atoms. The van der Waals surface area contributed by atoms with Crippen LogP contribution in [0.25, 0.3) is 0 Å². The van der Waals surface area contributed by atoms with Crippen molar-refractivity contribution < 1.29 is 19.1 Å². The van der Waals surface area contributed by atoms with Gasteiger partial charge in [-0.2, -0.15) is 0 Å². The number of rotatable bonds is 2. The molecule has 1 aromatic carbocycles. The molecule has 6 nitrogen and oxygen atoms in total. The highest BCUT2D eigenvalue weighted by atomic mass is 16.5. The van der Waals surface area contributed by atoms with Crippen molar-refractivity contribution in [2.45, 2.75) is 39.3 Å². The summed E-state index contributed by atoms with van der Waals surface area (Å²) in [7, 11) is 3.17. The van der Waals surface area contributed by atoms with E-state index in [0.717, 1.165) is 11.1 Å². The zero-order valence-corrected chi connectivity index (χ0v) is 14.4. The Kier molecular flexibility index (Phi) is 4.82. The molecule has 23 heavy (non-hydrogen) atoms. The van der Waals surface area contributed by atoms with E-state index in [4.69, 9.17) is 9.47 Å². The topological polar surface area (TPSA) is 67.9 Å². The van der Waals surface area contributed by atoms with E-state index in [1.165, 1.54) is 0 Å². The van der Waals surface area contributed by atoms with Crippen LogP contribution in [0.15, 0.2) is 12.1 Å². The van der Waals surface area contributed by atoms with Crippen molar-refractivity contribution >= 4 is 11.8 Å². The van der Waals surface area contributed by atoms with Gasteiger partial charge >= 0.3 is 11.8 Å². The number of fused-ring (bicyclic) bond motifs is 1. The van der Waals surface area contributed by atoms with Crippen LogP contribution >= 0.6 is 0 Å². The van der Waals surface area contributed by atoms with Gasteiger partial charge in [-0.3, -0.25) is 9.59 Å². The number of hydrogen-bond acceptors (Lipinski definition) is 4. The highest BCUT2D eigenvalue weighted by Gasteiger charge is 2.28. The van der Waals surface area contributed by atoms with E-state index >= 15 is 0 Å². The molecule has 0 radical (unpaired) electrons. The van der Waals surface area contributed by atoms with Crippen molar-refractivity contribution in [2.24, 2.45) is 0 Å². The van der Waals surface area contributed by atoms with Crippen LogP contribution in [0.2, 0.25) is 0 Å². The summed E-state index contributed by atoms with van der Waals surface area (Å²) in [6.45, 7) is 6.45. The minimum atomic E-state index is -0.568. The maximum atomic E-state index is 12.3. The minimum absolute atomic E-state index is 0.395. The molecule has 2 amide bonds. The molecule has 0 saturated heterocycles. The number of nitrogens with zero attached hydrogens (tertiary/aromatic N) is 1. The van der Waals surface area contributed by atoms with Crippen molar-refractivity contribution in [1.29, 1.82) is 0 Å². The molecule has 1 N–H and O–H groups in total. The minimum Gasteiger partial charge on any atom is -0.493 e. The molecule has 2 rings (SSSR count). The molecule has 0 bridgehead atoms. The van der Waals surface area contributed by atoms with E-state index in [1.54, 1.807) is 19.1 Å². The third-order valence-corrected chi connectivity index (χ3v) is 3.69. The van der Waals surface area contributed by atoms with Crippen molar-refractivity contribution in [3.05, 3.63) is 23.3 Å². The lowest BCUT2D eigenvalue weighted by molar-refractivity contribution is -0.147. The number of carbonyl (C=O) groups excluding carboxylic acids is 2. The highest BCUT2D eigenvalue weighted by molar-refractivity contribution is 6.35. The van der Waals surface area contributed by atoms with E-state index < -0.39 is 17.4 Å². The Morgan fingerprint density at radius 1 is 1.09 bits per heavy atom. The van der Waals surface area contributed by atoms with Gasteiger partial charge in [0.15, 0.2) is 11.5 Å². The summed E-state index contributed by atoms with van der Waals surface area (Å²) < 4.78 is 10.6. The molecule has 6 heteroatoms. The molecule has 1 aliphatic heterocycles. The van der Waals surface area contributed by atoms with Gasteiger partial charge < -0.3 is 19.7 Å². The average molecular weight is 320 g/mol. The van der Waals surface area contributed by atoms with Crippen LogP contribution in [0.3, 0.4) is 0 Å². The first-order valence-electron chi connectivity index (χ1n) is 7.60. The number of nitrogens with one attached hydrogen (secondary N) is 1. The van der Waals surface area contributed by atoms with Crippen LogP contribution in [0.1, 0.15) is 31.9 Å². The van der Waals surface area contributed by atoms with E-state index in [-0.39, 0.29) is 0 Å². The number of benzene rings is 1. The molecule has 1 aromatic rings. The second kappa shape index (κ2) is 6.48. The quantitative estimate of drug-likeness (QED) is 0.839. The van der Waals surface area contributed by atoms with E-state index in [2.05, 4.69) is 5.32 Å². The van der Waals surface area contributed by atoms with Gasteiger partial charge in [-0.1, -0.05) is 0 Å². The summed E-state index contributed by atoms with van der Waals surface area (Å²) in [5.41, 5.74) is 1.66. The molecular weight excluding hydrogens is 296 g/mol. The van der Waals surface area contributed by atoms with E-state index in [0.29, 0.717) is 31.0 Å². The standard InChI is InChI=1S/C17H24N2O4/c1-17(2,3)18-15(20)16(21)19-7-6-11-8-13(22-4)14(23-5)9-12(11)10-19/h8-9H,6-7,10H2,1-5H3,(H,18,20). The Labute approximate surface area is 136 Å². The molecular formula is C17H24N2O4. The second-order valence-corrected chi connectivity index (χ2v) is 6.66. The zero-order chi connectivity index (χ0) is 17.2. The largest absolute Gasteiger partial charge is 0.493 e. The fourth-order valence-corrected chi connectivity index (χ4v) is 2.59. The first-order valence-corrected chi connectivity index (χ1v) is 7.60. The van der Waals surface area contributed by atoms with E-state index in [1.807, 2.05) is 32.9 Å². The third kappa shape index (κ3) is 3.94. The molecule has 126 valence electrons. The summed E-state index contributed by atoms with van der Waals surface area (Å²) in [5, 5.41) is 2.71. The predicted octanol–water partition coefficient (Wildman–Crippen LogP) is 1.50. The maximum absolute atomic E-state index is 12.3. The molecule has 0 aliphatic carbocycles. The maximum Gasteiger partial charge on any atom is 0.312 e. The summed E-state index contributed by atoms with van der Waals surface area (Å²) in [6.07, 6.45) is 0.685. The van der Waals surface area contributed by atoms with Gasteiger partial charge in [-0.05, 0) is 50.5 Å². The van der Waals surface area contributed by atoms with Crippen LogP contribution in [-0.2, 0) is 22.6 Å². The van der Waals surface area contributed by atoms with Crippen LogP contribution < -0.4 is 14.8 Å². The van der Waals surface area contributed by atoms with Crippen LogP contribution in [-0.4, -0.2) is 43.0 Å². The van der Waals surface area contributed by atoms with E-state index in [9.17, 15) is 9.59 Å². The SMILES string of the molecule is COc1cc2c(cc1OC)CN(C(=O)C(=O)NC(C)(C)C)CC2.